The van der Waals surface area contributed by atoms with Gasteiger partial charge in [0.1, 0.15) is 0 Å². The van der Waals surface area contributed by atoms with E-state index < -0.39 is 0 Å². The third-order valence-electron chi connectivity index (χ3n) is 3.43. The summed E-state index contributed by atoms with van der Waals surface area (Å²) in [5, 5.41) is 4.23. The number of rotatable bonds is 5. The fourth-order valence-corrected chi connectivity index (χ4v) is 3.69. The average molecular weight is 294 g/mol. The van der Waals surface area contributed by atoms with Gasteiger partial charge in [0, 0.05) is 20.8 Å². The van der Waals surface area contributed by atoms with E-state index >= 15 is 0 Å². The van der Waals surface area contributed by atoms with Crippen LogP contribution in [0.5, 0.6) is 0 Å². The van der Waals surface area contributed by atoms with Crippen LogP contribution in [0.15, 0.2) is 30.3 Å². The zero-order valence-corrected chi connectivity index (χ0v) is 13.2. The van der Waals surface area contributed by atoms with Crippen LogP contribution in [-0.4, -0.2) is 7.05 Å². The Hall–Kier alpha value is -0.830. The van der Waals surface area contributed by atoms with Gasteiger partial charge in [0.15, 0.2) is 0 Å². The monoisotopic (exact) mass is 293 g/mol. The van der Waals surface area contributed by atoms with Gasteiger partial charge in [-0.25, -0.2) is 0 Å². The minimum atomic E-state index is 0.461. The molecule has 0 bridgehead atoms. The zero-order valence-electron chi connectivity index (χ0n) is 11.7. The van der Waals surface area contributed by atoms with Crippen molar-refractivity contribution in [2.45, 2.75) is 32.7 Å². The molecule has 0 aliphatic carbocycles. The standard InChI is InChI=1S/C16H20ClNS/c1-4-6-14(18-3)16-10-9-15(19-16)12-7-5-8-13(17)11(12)2/h5,7-10,14,18H,4,6H2,1-3H3. The lowest BCUT2D eigenvalue weighted by atomic mass is 10.1. The number of hydrogen-bond acceptors (Lipinski definition) is 2. The lowest BCUT2D eigenvalue weighted by Gasteiger charge is -2.12. The molecule has 3 heteroatoms. The van der Waals surface area contributed by atoms with E-state index in [1.54, 1.807) is 0 Å². The number of thiophene rings is 1. The highest BCUT2D eigenvalue weighted by Gasteiger charge is 2.13. The van der Waals surface area contributed by atoms with Crippen molar-refractivity contribution in [1.82, 2.24) is 5.32 Å². The summed E-state index contributed by atoms with van der Waals surface area (Å²) in [4.78, 5) is 2.70. The summed E-state index contributed by atoms with van der Waals surface area (Å²) in [6.07, 6.45) is 2.36. The van der Waals surface area contributed by atoms with Crippen molar-refractivity contribution in [1.29, 1.82) is 0 Å². The van der Waals surface area contributed by atoms with Crippen LogP contribution < -0.4 is 5.32 Å². The summed E-state index contributed by atoms with van der Waals surface area (Å²) in [7, 11) is 2.03. The Labute approximate surface area is 124 Å². The largest absolute Gasteiger partial charge is 0.312 e. The van der Waals surface area contributed by atoms with Crippen LogP contribution in [0.2, 0.25) is 5.02 Å². The smallest absolute Gasteiger partial charge is 0.0441 e. The van der Waals surface area contributed by atoms with Crippen LogP contribution in [0.1, 0.15) is 36.2 Å². The zero-order chi connectivity index (χ0) is 13.8. The molecule has 102 valence electrons. The number of halogens is 1. The molecule has 0 aliphatic heterocycles. The molecule has 1 aromatic heterocycles. The summed E-state index contributed by atoms with van der Waals surface area (Å²) < 4.78 is 0. The van der Waals surface area contributed by atoms with Gasteiger partial charge in [-0.2, -0.15) is 0 Å². The fraction of sp³-hybridized carbons (Fsp3) is 0.375. The Morgan fingerprint density at radius 3 is 2.74 bits per heavy atom. The molecule has 1 aromatic carbocycles. The SMILES string of the molecule is CCCC(NC)c1ccc(-c2cccc(Cl)c2C)s1. The Kier molecular flexibility index (Phi) is 5.03. The van der Waals surface area contributed by atoms with E-state index in [-0.39, 0.29) is 0 Å². The molecule has 0 amide bonds. The van der Waals surface area contributed by atoms with Crippen LogP contribution in [0.4, 0.5) is 0 Å². The topological polar surface area (TPSA) is 12.0 Å². The second kappa shape index (κ2) is 6.56. The van der Waals surface area contributed by atoms with Crippen molar-refractivity contribution in [3.63, 3.8) is 0 Å². The molecular weight excluding hydrogens is 274 g/mol. The Bertz CT molecular complexity index is 547. The van der Waals surface area contributed by atoms with Crippen molar-refractivity contribution >= 4 is 22.9 Å². The van der Waals surface area contributed by atoms with Gasteiger partial charge >= 0.3 is 0 Å². The van der Waals surface area contributed by atoms with Crippen molar-refractivity contribution in [2.24, 2.45) is 0 Å². The predicted octanol–water partition coefficient (Wildman–Crippen LogP) is 5.44. The highest BCUT2D eigenvalue weighted by molar-refractivity contribution is 7.15. The molecule has 0 saturated carbocycles. The van der Waals surface area contributed by atoms with Crippen LogP contribution in [-0.2, 0) is 0 Å². The van der Waals surface area contributed by atoms with E-state index in [2.05, 4.69) is 37.4 Å². The number of benzene rings is 1. The maximum atomic E-state index is 6.20. The summed E-state index contributed by atoms with van der Waals surface area (Å²) >= 11 is 8.06. The van der Waals surface area contributed by atoms with Crippen molar-refractivity contribution in [3.8, 4) is 10.4 Å². The molecule has 1 unspecified atom stereocenters. The van der Waals surface area contributed by atoms with E-state index in [9.17, 15) is 0 Å². The van der Waals surface area contributed by atoms with Crippen molar-refractivity contribution in [2.75, 3.05) is 7.05 Å². The van der Waals surface area contributed by atoms with Gasteiger partial charge in [-0.15, -0.1) is 11.3 Å². The average Bonchev–Trinajstić information content (AvgIpc) is 2.88. The summed E-state index contributed by atoms with van der Waals surface area (Å²) in [6, 6.07) is 11.0. The molecule has 1 heterocycles. The molecule has 1 N–H and O–H groups in total. The van der Waals surface area contributed by atoms with Crippen molar-refractivity contribution < 1.29 is 0 Å². The molecule has 19 heavy (non-hydrogen) atoms. The van der Waals surface area contributed by atoms with E-state index in [4.69, 9.17) is 11.6 Å². The molecular formula is C16H20ClNS. The van der Waals surface area contributed by atoms with Crippen LogP contribution >= 0.6 is 22.9 Å². The van der Waals surface area contributed by atoms with Gasteiger partial charge < -0.3 is 5.32 Å². The van der Waals surface area contributed by atoms with Gasteiger partial charge in [0.25, 0.3) is 0 Å². The first-order valence-electron chi connectivity index (χ1n) is 6.69. The highest BCUT2D eigenvalue weighted by atomic mass is 35.5. The van der Waals surface area contributed by atoms with Gasteiger partial charge in [-0.3, -0.25) is 0 Å². The lowest BCUT2D eigenvalue weighted by molar-refractivity contribution is 0.550. The summed E-state index contributed by atoms with van der Waals surface area (Å²) in [5.41, 5.74) is 2.41. The number of hydrogen-bond donors (Lipinski definition) is 1. The van der Waals surface area contributed by atoms with E-state index in [1.807, 2.05) is 30.5 Å². The predicted molar refractivity (Wildman–Crippen MR) is 86.2 cm³/mol. The Morgan fingerprint density at radius 1 is 1.26 bits per heavy atom. The first-order valence-corrected chi connectivity index (χ1v) is 7.89. The molecule has 0 fully saturated rings. The first-order chi connectivity index (χ1) is 9.17. The molecule has 0 radical (unpaired) electrons. The minimum absolute atomic E-state index is 0.461. The number of nitrogens with one attached hydrogen (secondary N) is 1. The van der Waals surface area contributed by atoms with Gasteiger partial charge in [-0.05, 0) is 49.7 Å². The molecule has 0 aliphatic rings. The third kappa shape index (κ3) is 3.19. The van der Waals surface area contributed by atoms with E-state index in [0.29, 0.717) is 6.04 Å². The fourth-order valence-electron chi connectivity index (χ4n) is 2.28. The Morgan fingerprint density at radius 2 is 2.05 bits per heavy atom. The van der Waals surface area contributed by atoms with Gasteiger partial charge in [0.05, 0.1) is 0 Å². The molecule has 1 atom stereocenters. The van der Waals surface area contributed by atoms with Crippen LogP contribution in [0.3, 0.4) is 0 Å². The minimum Gasteiger partial charge on any atom is -0.312 e. The molecule has 2 rings (SSSR count). The second-order valence-corrected chi connectivity index (χ2v) is 6.27. The molecule has 0 spiro atoms. The lowest BCUT2D eigenvalue weighted by Crippen LogP contribution is -2.14. The maximum Gasteiger partial charge on any atom is 0.0441 e. The van der Waals surface area contributed by atoms with Crippen LogP contribution in [0.25, 0.3) is 10.4 Å². The second-order valence-electron chi connectivity index (χ2n) is 4.74. The summed E-state index contributed by atoms with van der Waals surface area (Å²) in [6.45, 7) is 4.30. The molecule has 1 nitrogen and oxygen atoms in total. The van der Waals surface area contributed by atoms with E-state index in [1.165, 1.54) is 28.2 Å². The molecule has 2 aromatic rings. The van der Waals surface area contributed by atoms with E-state index in [0.717, 1.165) is 10.6 Å². The first kappa shape index (κ1) is 14.6. The van der Waals surface area contributed by atoms with Gasteiger partial charge in [0.2, 0.25) is 0 Å². The highest BCUT2D eigenvalue weighted by Crippen LogP contribution is 2.36. The normalized spacial score (nSPS) is 12.6. The van der Waals surface area contributed by atoms with Crippen molar-refractivity contribution in [3.05, 3.63) is 45.8 Å². The Balaban J connectivity index is 2.32. The van der Waals surface area contributed by atoms with Gasteiger partial charge in [-0.1, -0.05) is 37.1 Å². The summed E-state index contributed by atoms with van der Waals surface area (Å²) in [5.74, 6) is 0. The third-order valence-corrected chi connectivity index (χ3v) is 5.07. The molecule has 0 saturated heterocycles. The van der Waals surface area contributed by atoms with Crippen LogP contribution in [0, 0.1) is 6.92 Å². The maximum absolute atomic E-state index is 6.20. The quantitative estimate of drug-likeness (QED) is 0.774.